The minimum Gasteiger partial charge on any atom is -0.207 e. The Kier molecular flexibility index (Phi) is 4.11. The van der Waals surface area contributed by atoms with Crippen LogP contribution < -0.4 is 0 Å². The molecule has 0 spiro atoms. The van der Waals surface area contributed by atoms with Gasteiger partial charge < -0.3 is 0 Å². The van der Waals surface area contributed by atoms with E-state index in [0.717, 1.165) is 9.87 Å². The van der Waals surface area contributed by atoms with E-state index in [2.05, 4.69) is 0 Å². The summed E-state index contributed by atoms with van der Waals surface area (Å²) in [5.74, 6) is -1.57. The number of piperidine rings is 1. The molecule has 0 radical (unpaired) electrons. The fourth-order valence-electron chi connectivity index (χ4n) is 2.29. The quantitative estimate of drug-likeness (QED) is 0.842. The molecule has 1 atom stereocenters. The van der Waals surface area contributed by atoms with E-state index in [1.807, 2.05) is 6.92 Å². The third-order valence-corrected chi connectivity index (χ3v) is 5.39. The van der Waals surface area contributed by atoms with Gasteiger partial charge in [0, 0.05) is 13.1 Å². The van der Waals surface area contributed by atoms with E-state index in [0.29, 0.717) is 0 Å². The van der Waals surface area contributed by atoms with Gasteiger partial charge in [0.1, 0.15) is 0 Å². The molecule has 0 amide bonds. The zero-order valence-corrected chi connectivity index (χ0v) is 11.8. The van der Waals surface area contributed by atoms with Crippen molar-refractivity contribution in [1.82, 2.24) is 4.31 Å². The second kappa shape index (κ2) is 5.37. The number of aryl methyl sites for hydroxylation is 1. The molecular weight excluding hydrogens is 291 g/mol. The van der Waals surface area contributed by atoms with Gasteiger partial charge in [0.2, 0.25) is 10.0 Å². The molecule has 1 aromatic rings. The maximum atomic E-state index is 12.7. The second-order valence-electron chi connectivity index (χ2n) is 5.06. The molecule has 1 aliphatic rings. The highest BCUT2D eigenvalue weighted by molar-refractivity contribution is 7.89. The minimum atomic E-state index is -4.35. The first-order valence-electron chi connectivity index (χ1n) is 6.35. The summed E-state index contributed by atoms with van der Waals surface area (Å²) in [6.07, 6.45) is -4.12. The average Bonchev–Trinajstić information content (AvgIpc) is 2.38. The van der Waals surface area contributed by atoms with Crippen molar-refractivity contribution in [1.29, 1.82) is 0 Å². The minimum absolute atomic E-state index is 0.0105. The van der Waals surface area contributed by atoms with Gasteiger partial charge in [-0.3, -0.25) is 0 Å². The van der Waals surface area contributed by atoms with Gasteiger partial charge in [0.05, 0.1) is 10.8 Å². The highest BCUT2D eigenvalue weighted by Gasteiger charge is 2.44. The summed E-state index contributed by atoms with van der Waals surface area (Å²) in [6, 6.07) is 6.14. The maximum absolute atomic E-state index is 12.7. The van der Waals surface area contributed by atoms with Crippen LogP contribution in [0.15, 0.2) is 29.2 Å². The molecule has 1 aromatic carbocycles. The number of rotatable bonds is 2. The summed E-state index contributed by atoms with van der Waals surface area (Å²) in [4.78, 5) is 0.0472. The lowest BCUT2D eigenvalue weighted by molar-refractivity contribution is -0.182. The predicted molar refractivity (Wildman–Crippen MR) is 68.7 cm³/mol. The molecule has 1 fully saturated rings. The second-order valence-corrected chi connectivity index (χ2v) is 6.99. The van der Waals surface area contributed by atoms with E-state index in [9.17, 15) is 21.6 Å². The lowest BCUT2D eigenvalue weighted by Gasteiger charge is -2.32. The number of hydrogen-bond acceptors (Lipinski definition) is 2. The summed E-state index contributed by atoms with van der Waals surface area (Å²) in [5, 5.41) is 0. The number of alkyl halides is 3. The normalized spacial score (nSPS) is 21.9. The molecule has 7 heteroatoms. The fourth-order valence-corrected chi connectivity index (χ4v) is 3.81. The van der Waals surface area contributed by atoms with Crippen molar-refractivity contribution >= 4 is 10.0 Å². The van der Waals surface area contributed by atoms with Gasteiger partial charge in [0.15, 0.2) is 0 Å². The number of nitrogens with zero attached hydrogens (tertiary/aromatic N) is 1. The number of hydrogen-bond donors (Lipinski definition) is 0. The maximum Gasteiger partial charge on any atom is 0.393 e. The molecule has 0 saturated carbocycles. The van der Waals surface area contributed by atoms with Crippen molar-refractivity contribution in [3.8, 4) is 0 Å². The van der Waals surface area contributed by atoms with Gasteiger partial charge in [-0.05, 0) is 31.9 Å². The van der Waals surface area contributed by atoms with Gasteiger partial charge in [0.25, 0.3) is 0 Å². The van der Waals surface area contributed by atoms with Crippen LogP contribution in [0.2, 0.25) is 0 Å². The highest BCUT2D eigenvalue weighted by atomic mass is 32.2. The Balaban J connectivity index is 2.23. The third kappa shape index (κ3) is 3.15. The number of sulfonamides is 1. The molecule has 20 heavy (non-hydrogen) atoms. The van der Waals surface area contributed by atoms with Crippen molar-refractivity contribution in [2.45, 2.75) is 30.8 Å². The Hall–Kier alpha value is -1.08. The van der Waals surface area contributed by atoms with Crippen LogP contribution in [0.1, 0.15) is 18.4 Å². The molecular formula is C13H16F3NO2S. The Morgan fingerprint density at radius 1 is 1.20 bits per heavy atom. The Bertz CT molecular complexity index is 566. The lowest BCUT2D eigenvalue weighted by atomic mass is 9.99. The summed E-state index contributed by atoms with van der Waals surface area (Å²) in [5.41, 5.74) is 0.899. The molecule has 1 heterocycles. The summed E-state index contributed by atoms with van der Waals surface area (Å²) in [7, 11) is -3.84. The van der Waals surface area contributed by atoms with E-state index in [1.165, 1.54) is 12.1 Å². The van der Waals surface area contributed by atoms with E-state index < -0.39 is 28.7 Å². The van der Waals surface area contributed by atoms with Crippen molar-refractivity contribution in [3.63, 3.8) is 0 Å². The van der Waals surface area contributed by atoms with Crippen molar-refractivity contribution in [2.75, 3.05) is 13.1 Å². The number of halogens is 3. The van der Waals surface area contributed by atoms with E-state index in [-0.39, 0.29) is 24.3 Å². The summed E-state index contributed by atoms with van der Waals surface area (Å²) >= 11 is 0. The van der Waals surface area contributed by atoms with Gasteiger partial charge in [-0.2, -0.15) is 17.5 Å². The van der Waals surface area contributed by atoms with E-state index >= 15 is 0 Å². The van der Waals surface area contributed by atoms with Crippen molar-refractivity contribution in [2.24, 2.45) is 5.92 Å². The average molecular weight is 307 g/mol. The largest absolute Gasteiger partial charge is 0.393 e. The van der Waals surface area contributed by atoms with Gasteiger partial charge in [-0.15, -0.1) is 0 Å². The first kappa shape index (κ1) is 15.3. The molecule has 0 N–H and O–H groups in total. The van der Waals surface area contributed by atoms with Crippen LogP contribution in [0.5, 0.6) is 0 Å². The van der Waals surface area contributed by atoms with Crippen LogP contribution in [0.3, 0.4) is 0 Å². The van der Waals surface area contributed by atoms with Crippen LogP contribution in [0.25, 0.3) is 0 Å². The van der Waals surface area contributed by atoms with Gasteiger partial charge in [-0.1, -0.05) is 17.7 Å². The Morgan fingerprint density at radius 3 is 2.35 bits per heavy atom. The molecule has 0 bridgehead atoms. The zero-order chi connectivity index (χ0) is 15.0. The summed E-state index contributed by atoms with van der Waals surface area (Å²) < 4.78 is 63.8. The van der Waals surface area contributed by atoms with Crippen molar-refractivity contribution in [3.05, 3.63) is 29.8 Å². The Labute approximate surface area is 116 Å². The number of benzene rings is 1. The lowest BCUT2D eigenvalue weighted by Crippen LogP contribution is -2.44. The molecule has 2 rings (SSSR count). The topological polar surface area (TPSA) is 37.4 Å². The molecule has 1 saturated heterocycles. The standard InChI is InChI=1S/C13H16F3NO2S/c1-10-4-6-12(7-5-10)20(18,19)17-8-2-3-11(9-17)13(14,15)16/h4-7,11H,2-3,8-9H2,1H3/t11-/m1/s1. The third-order valence-electron chi connectivity index (χ3n) is 3.51. The van der Waals surface area contributed by atoms with Crippen LogP contribution in [-0.4, -0.2) is 32.0 Å². The van der Waals surface area contributed by atoms with Crippen LogP contribution >= 0.6 is 0 Å². The first-order chi connectivity index (χ1) is 9.21. The summed E-state index contributed by atoms with van der Waals surface area (Å²) in [6.45, 7) is 1.47. The smallest absolute Gasteiger partial charge is 0.207 e. The first-order valence-corrected chi connectivity index (χ1v) is 7.79. The van der Waals surface area contributed by atoms with Gasteiger partial charge in [-0.25, -0.2) is 8.42 Å². The molecule has 0 unspecified atom stereocenters. The zero-order valence-electron chi connectivity index (χ0n) is 11.0. The van der Waals surface area contributed by atoms with Crippen LogP contribution in [0, 0.1) is 12.8 Å². The van der Waals surface area contributed by atoms with E-state index in [1.54, 1.807) is 12.1 Å². The van der Waals surface area contributed by atoms with E-state index in [4.69, 9.17) is 0 Å². The molecule has 0 aliphatic carbocycles. The fraction of sp³-hybridized carbons (Fsp3) is 0.538. The molecule has 3 nitrogen and oxygen atoms in total. The molecule has 1 aliphatic heterocycles. The Morgan fingerprint density at radius 2 is 1.80 bits per heavy atom. The monoisotopic (exact) mass is 307 g/mol. The predicted octanol–water partition coefficient (Wildman–Crippen LogP) is 2.96. The SMILES string of the molecule is Cc1ccc(S(=O)(=O)N2CCC[C@@H](C(F)(F)F)C2)cc1. The van der Waals surface area contributed by atoms with Crippen LogP contribution in [-0.2, 0) is 10.0 Å². The van der Waals surface area contributed by atoms with Crippen LogP contribution in [0.4, 0.5) is 13.2 Å². The van der Waals surface area contributed by atoms with Crippen molar-refractivity contribution < 1.29 is 21.6 Å². The molecule has 0 aromatic heterocycles. The highest BCUT2D eigenvalue weighted by Crippen LogP contribution is 2.34. The van der Waals surface area contributed by atoms with Gasteiger partial charge >= 0.3 is 6.18 Å². The molecule has 112 valence electrons.